The highest BCUT2D eigenvalue weighted by atomic mass is 16.2. The third-order valence-corrected chi connectivity index (χ3v) is 11.7. The van der Waals surface area contributed by atoms with E-state index < -0.39 is 5.41 Å². The van der Waals surface area contributed by atoms with Gasteiger partial charge < -0.3 is 15.1 Å². The highest BCUT2D eigenvalue weighted by molar-refractivity contribution is 6.01. The van der Waals surface area contributed by atoms with Crippen molar-refractivity contribution in [1.82, 2.24) is 15.1 Å². The number of fused-ring (bicyclic) bond motifs is 4. The molecule has 2 heterocycles. The first-order valence-corrected chi connectivity index (χ1v) is 18.5. The van der Waals surface area contributed by atoms with Crippen molar-refractivity contribution in [3.05, 3.63) is 125 Å². The smallest absolute Gasteiger partial charge is 0.254 e. The molecular formula is C43H48N4O2. The highest BCUT2D eigenvalue weighted by Crippen LogP contribution is 2.51. The molecule has 4 aliphatic rings. The molecule has 0 spiro atoms. The van der Waals surface area contributed by atoms with E-state index >= 15 is 0 Å². The van der Waals surface area contributed by atoms with Crippen LogP contribution in [0.4, 0.5) is 5.69 Å². The largest absolute Gasteiger partial charge is 0.369 e. The summed E-state index contributed by atoms with van der Waals surface area (Å²) in [5, 5.41) is 3.33. The van der Waals surface area contributed by atoms with E-state index in [1.807, 2.05) is 18.2 Å². The van der Waals surface area contributed by atoms with Crippen LogP contribution in [-0.4, -0.2) is 60.4 Å². The zero-order valence-electron chi connectivity index (χ0n) is 28.6. The molecule has 2 aliphatic heterocycles. The van der Waals surface area contributed by atoms with Crippen LogP contribution in [0.5, 0.6) is 0 Å². The number of carbonyl (C=O) groups excluding carboxylic acids is 2. The first-order chi connectivity index (χ1) is 24.1. The minimum absolute atomic E-state index is 0.0945. The van der Waals surface area contributed by atoms with Gasteiger partial charge in [0.1, 0.15) is 5.41 Å². The van der Waals surface area contributed by atoms with Crippen molar-refractivity contribution in [2.24, 2.45) is 0 Å². The summed E-state index contributed by atoms with van der Waals surface area (Å²) in [7, 11) is 0. The Labute approximate surface area is 291 Å². The second kappa shape index (κ2) is 13.8. The molecule has 49 heavy (non-hydrogen) atoms. The third-order valence-electron chi connectivity index (χ3n) is 11.7. The molecule has 1 saturated heterocycles. The summed E-state index contributed by atoms with van der Waals surface area (Å²) in [5.41, 5.74) is 8.32. The van der Waals surface area contributed by atoms with Crippen molar-refractivity contribution in [1.29, 1.82) is 0 Å². The minimum Gasteiger partial charge on any atom is -0.369 e. The quantitative estimate of drug-likeness (QED) is 0.180. The van der Waals surface area contributed by atoms with Gasteiger partial charge in [0.15, 0.2) is 0 Å². The molecule has 6 heteroatoms. The maximum Gasteiger partial charge on any atom is 0.254 e. The summed E-state index contributed by atoms with van der Waals surface area (Å²) in [6, 6.07) is 34.2. The van der Waals surface area contributed by atoms with Crippen molar-refractivity contribution in [3.8, 4) is 11.1 Å². The average Bonchev–Trinajstić information content (AvgIpc) is 3.65. The fourth-order valence-corrected chi connectivity index (χ4v) is 9.03. The summed E-state index contributed by atoms with van der Waals surface area (Å²) < 4.78 is 0. The summed E-state index contributed by atoms with van der Waals surface area (Å²) in [5.74, 6) is 0.332. The first kappa shape index (κ1) is 31.8. The molecule has 0 bridgehead atoms. The molecule has 252 valence electrons. The van der Waals surface area contributed by atoms with Crippen LogP contribution >= 0.6 is 0 Å². The molecule has 1 saturated carbocycles. The van der Waals surface area contributed by atoms with Crippen LogP contribution in [-0.2, 0) is 23.3 Å². The van der Waals surface area contributed by atoms with Crippen molar-refractivity contribution < 1.29 is 9.59 Å². The van der Waals surface area contributed by atoms with Crippen molar-refractivity contribution >= 4 is 17.5 Å². The van der Waals surface area contributed by atoms with Gasteiger partial charge in [0.05, 0.1) is 0 Å². The van der Waals surface area contributed by atoms with Crippen LogP contribution in [0.2, 0.25) is 0 Å². The number of anilines is 1. The zero-order valence-corrected chi connectivity index (χ0v) is 28.6. The lowest BCUT2D eigenvalue weighted by Gasteiger charge is -2.36. The zero-order chi connectivity index (χ0) is 33.2. The molecule has 6 nitrogen and oxygen atoms in total. The Morgan fingerprint density at radius 2 is 1.41 bits per heavy atom. The molecule has 0 radical (unpaired) electrons. The maximum atomic E-state index is 14.4. The molecule has 0 unspecified atom stereocenters. The van der Waals surface area contributed by atoms with Crippen molar-refractivity contribution in [2.75, 3.05) is 37.6 Å². The van der Waals surface area contributed by atoms with Gasteiger partial charge in [-0.15, -0.1) is 0 Å². The molecule has 4 aromatic rings. The minimum atomic E-state index is -0.696. The summed E-state index contributed by atoms with van der Waals surface area (Å²) in [4.78, 5) is 34.9. The monoisotopic (exact) mass is 652 g/mol. The van der Waals surface area contributed by atoms with E-state index in [1.165, 1.54) is 41.6 Å². The number of unbranched alkanes of at least 4 members (excludes halogenated alkanes) is 1. The Kier molecular flexibility index (Phi) is 8.98. The van der Waals surface area contributed by atoms with E-state index in [0.717, 1.165) is 93.6 Å². The van der Waals surface area contributed by atoms with Gasteiger partial charge in [0.25, 0.3) is 5.91 Å². The van der Waals surface area contributed by atoms with Gasteiger partial charge in [-0.1, -0.05) is 111 Å². The molecule has 1 N–H and O–H groups in total. The van der Waals surface area contributed by atoms with E-state index in [4.69, 9.17) is 0 Å². The number of amides is 2. The number of nitrogens with zero attached hydrogens (tertiary/aromatic N) is 3. The van der Waals surface area contributed by atoms with Gasteiger partial charge in [-0.25, -0.2) is 0 Å². The molecule has 2 aliphatic carbocycles. The Bertz CT molecular complexity index is 1760. The second-order valence-electron chi connectivity index (χ2n) is 14.5. The Morgan fingerprint density at radius 3 is 2.12 bits per heavy atom. The van der Waals surface area contributed by atoms with Gasteiger partial charge in [-0.3, -0.25) is 14.5 Å². The van der Waals surface area contributed by atoms with Crippen molar-refractivity contribution in [3.63, 3.8) is 0 Å². The number of benzene rings is 4. The fourth-order valence-electron chi connectivity index (χ4n) is 9.03. The molecule has 0 aromatic heterocycles. The van der Waals surface area contributed by atoms with E-state index in [0.29, 0.717) is 12.6 Å². The predicted molar refractivity (Wildman–Crippen MR) is 197 cm³/mol. The summed E-state index contributed by atoms with van der Waals surface area (Å²) in [6.07, 6.45) is 8.88. The Morgan fingerprint density at radius 1 is 0.735 bits per heavy atom. The lowest BCUT2D eigenvalue weighted by molar-refractivity contribution is -0.125. The lowest BCUT2D eigenvalue weighted by Crippen LogP contribution is -2.47. The van der Waals surface area contributed by atoms with Crippen LogP contribution in [0.3, 0.4) is 0 Å². The normalized spacial score (nSPS) is 18.7. The predicted octanol–water partition coefficient (Wildman–Crippen LogP) is 7.55. The summed E-state index contributed by atoms with van der Waals surface area (Å²) in [6.45, 7) is 6.27. The van der Waals surface area contributed by atoms with Gasteiger partial charge in [0.2, 0.25) is 5.91 Å². The molecule has 2 fully saturated rings. The number of nitrogens with one attached hydrogen (secondary N) is 1. The van der Waals surface area contributed by atoms with E-state index in [2.05, 4.69) is 98.9 Å². The third kappa shape index (κ3) is 6.05. The molecule has 0 atom stereocenters. The second-order valence-corrected chi connectivity index (χ2v) is 14.5. The van der Waals surface area contributed by atoms with E-state index in [9.17, 15) is 9.59 Å². The maximum absolute atomic E-state index is 14.4. The van der Waals surface area contributed by atoms with E-state index in [-0.39, 0.29) is 11.8 Å². The van der Waals surface area contributed by atoms with Crippen LogP contribution < -0.4 is 10.2 Å². The number of hydrogen-bond donors (Lipinski definition) is 1. The average molecular weight is 653 g/mol. The lowest BCUT2D eigenvalue weighted by atomic mass is 9.73. The standard InChI is InChI=1S/C43H48N4O2/c48-41-38-29-35(22-21-33(38)31-47(41)34-15-5-2-6-16-34)46-27-25-45(26-28-46)24-12-11-23-43(42(49)44-30-32-13-3-1-4-14-32)39-19-9-7-17-36(39)37-18-8-10-20-40(37)43/h1,3-4,7-10,13-14,17-22,29,34H,2,5-6,11-12,15-16,23-28,30-31H2,(H,44,49). The molecule has 4 aromatic carbocycles. The van der Waals surface area contributed by atoms with Gasteiger partial charge in [-0.2, -0.15) is 0 Å². The first-order valence-electron chi connectivity index (χ1n) is 18.5. The number of rotatable bonds is 10. The number of carbonyl (C=O) groups is 2. The SMILES string of the molecule is O=C1c2cc(N3CCN(CCCCC4(C(=O)NCc5ccccc5)c5ccccc5-c5ccccc54)CC3)ccc2CN1C1CCCCC1. The molecular weight excluding hydrogens is 604 g/mol. The van der Waals surface area contributed by atoms with Crippen LogP contribution in [0.25, 0.3) is 11.1 Å². The van der Waals surface area contributed by atoms with E-state index in [1.54, 1.807) is 0 Å². The van der Waals surface area contributed by atoms with Gasteiger partial charge in [-0.05, 0) is 77.7 Å². The fraction of sp³-hybridized carbons (Fsp3) is 0.395. The Hall–Kier alpha value is -4.42. The Balaban J connectivity index is 0.898. The highest BCUT2D eigenvalue weighted by Gasteiger charge is 2.48. The van der Waals surface area contributed by atoms with Crippen LogP contribution in [0.15, 0.2) is 97.1 Å². The molecule has 2 amide bonds. The van der Waals surface area contributed by atoms with Crippen LogP contribution in [0.1, 0.15) is 84.0 Å². The van der Waals surface area contributed by atoms with Gasteiger partial charge in [0, 0.05) is 56.6 Å². The summed E-state index contributed by atoms with van der Waals surface area (Å²) >= 11 is 0. The number of piperazine rings is 1. The van der Waals surface area contributed by atoms with Crippen molar-refractivity contribution in [2.45, 2.75) is 75.9 Å². The topological polar surface area (TPSA) is 55.9 Å². The van der Waals surface area contributed by atoms with Gasteiger partial charge >= 0.3 is 0 Å². The molecule has 8 rings (SSSR count). The van der Waals surface area contributed by atoms with Crippen LogP contribution in [0, 0.1) is 0 Å². The number of hydrogen-bond acceptors (Lipinski definition) is 4.